The van der Waals surface area contributed by atoms with Crippen LogP contribution in [0, 0.1) is 13.8 Å². The second-order valence-electron chi connectivity index (χ2n) is 7.35. The number of H-pyrrole nitrogens is 1. The third kappa shape index (κ3) is 4.15. The molecule has 1 aromatic carbocycles. The number of aromatic nitrogens is 1. The monoisotopic (exact) mass is 401 g/mol. The highest BCUT2D eigenvalue weighted by molar-refractivity contribution is 6.08. The first-order valence-corrected chi connectivity index (χ1v) is 9.86. The summed E-state index contributed by atoms with van der Waals surface area (Å²) in [6.45, 7) is 7.52. The molecule has 1 aliphatic heterocycles. The van der Waals surface area contributed by atoms with Gasteiger partial charge < -0.3 is 24.1 Å². The third-order valence-electron chi connectivity index (χ3n) is 5.44. The first-order chi connectivity index (χ1) is 13.9. The van der Waals surface area contributed by atoms with Crippen molar-refractivity contribution in [1.29, 1.82) is 0 Å². The number of ether oxygens (including phenoxy) is 3. The molecule has 1 aromatic heterocycles. The lowest BCUT2D eigenvalue weighted by Crippen LogP contribution is -3.12. The number of carbonyl (C=O) groups excluding carboxylic acids is 2. The number of hydrogen-bond donors (Lipinski definition) is 2. The van der Waals surface area contributed by atoms with Gasteiger partial charge in [-0.1, -0.05) is 0 Å². The van der Waals surface area contributed by atoms with Crippen LogP contribution in [0.3, 0.4) is 0 Å². The Hall–Kier alpha value is -2.80. The second-order valence-corrected chi connectivity index (χ2v) is 7.35. The number of carbonyl (C=O) groups is 2. The number of fused-ring (bicyclic) bond motifs is 1. The van der Waals surface area contributed by atoms with Crippen molar-refractivity contribution in [3.63, 3.8) is 0 Å². The summed E-state index contributed by atoms with van der Waals surface area (Å²) in [7, 11) is 3.25. The SMILES string of the molecule is CCOC(=O)c1c(C)[nH]c(C)c1C(=O)C[NH+]1CCc2cc(OC)c(OC)cc2C1. The molecule has 0 saturated heterocycles. The van der Waals surface area contributed by atoms with E-state index in [2.05, 4.69) is 4.98 Å². The van der Waals surface area contributed by atoms with E-state index in [0.717, 1.165) is 35.7 Å². The molecule has 1 aliphatic rings. The maximum absolute atomic E-state index is 13.1. The van der Waals surface area contributed by atoms with Crippen molar-refractivity contribution in [2.24, 2.45) is 0 Å². The van der Waals surface area contributed by atoms with Crippen molar-refractivity contribution in [1.82, 2.24) is 4.98 Å². The molecule has 7 heteroatoms. The van der Waals surface area contributed by atoms with Crippen molar-refractivity contribution in [3.05, 3.63) is 45.8 Å². The van der Waals surface area contributed by atoms with Crippen molar-refractivity contribution in [2.75, 3.05) is 33.9 Å². The highest BCUT2D eigenvalue weighted by atomic mass is 16.5. The topological polar surface area (TPSA) is 82.1 Å². The van der Waals surface area contributed by atoms with Crippen molar-refractivity contribution < 1.29 is 28.7 Å². The second kappa shape index (κ2) is 8.69. The third-order valence-corrected chi connectivity index (χ3v) is 5.44. The Morgan fingerprint density at radius 1 is 1.03 bits per heavy atom. The fraction of sp³-hybridized carbons (Fsp3) is 0.455. The molecule has 0 bridgehead atoms. The van der Waals surface area contributed by atoms with Crippen LogP contribution in [0.15, 0.2) is 12.1 Å². The molecule has 0 spiro atoms. The maximum atomic E-state index is 13.1. The van der Waals surface area contributed by atoms with Crippen LogP contribution in [0.25, 0.3) is 0 Å². The number of ketones is 1. The summed E-state index contributed by atoms with van der Waals surface area (Å²) in [5, 5.41) is 0. The van der Waals surface area contributed by atoms with E-state index >= 15 is 0 Å². The Bertz CT molecular complexity index is 932. The van der Waals surface area contributed by atoms with Gasteiger partial charge in [0.2, 0.25) is 5.78 Å². The summed E-state index contributed by atoms with van der Waals surface area (Å²) in [6, 6.07) is 4.01. The molecule has 29 heavy (non-hydrogen) atoms. The van der Waals surface area contributed by atoms with Crippen LogP contribution in [0.2, 0.25) is 0 Å². The van der Waals surface area contributed by atoms with E-state index < -0.39 is 5.97 Å². The molecule has 1 unspecified atom stereocenters. The number of quaternary nitrogens is 1. The molecule has 3 rings (SSSR count). The summed E-state index contributed by atoms with van der Waals surface area (Å²) in [4.78, 5) is 29.8. The molecule has 7 nitrogen and oxygen atoms in total. The van der Waals surface area contributed by atoms with Gasteiger partial charge in [0.05, 0.1) is 38.5 Å². The average molecular weight is 401 g/mol. The minimum Gasteiger partial charge on any atom is -0.493 e. The number of esters is 1. The number of nitrogens with one attached hydrogen (secondary N) is 2. The zero-order valence-corrected chi connectivity index (χ0v) is 17.7. The van der Waals surface area contributed by atoms with Crippen LogP contribution in [0.4, 0.5) is 0 Å². The van der Waals surface area contributed by atoms with Crippen molar-refractivity contribution in [2.45, 2.75) is 33.7 Å². The van der Waals surface area contributed by atoms with E-state index in [4.69, 9.17) is 14.2 Å². The zero-order valence-electron chi connectivity index (χ0n) is 17.7. The highest BCUT2D eigenvalue weighted by Gasteiger charge is 2.29. The summed E-state index contributed by atoms with van der Waals surface area (Å²) in [5.41, 5.74) is 4.56. The van der Waals surface area contributed by atoms with E-state index in [0.29, 0.717) is 34.8 Å². The van der Waals surface area contributed by atoms with Gasteiger partial charge in [0.15, 0.2) is 11.5 Å². The van der Waals surface area contributed by atoms with Crippen molar-refractivity contribution in [3.8, 4) is 11.5 Å². The van der Waals surface area contributed by atoms with Gasteiger partial charge in [-0.25, -0.2) is 4.79 Å². The van der Waals surface area contributed by atoms with Gasteiger partial charge in [-0.15, -0.1) is 0 Å². The first kappa shape index (κ1) is 20.9. The molecule has 2 heterocycles. The molecular formula is C22H29N2O5+. The lowest BCUT2D eigenvalue weighted by molar-refractivity contribution is -0.907. The predicted octanol–water partition coefficient (Wildman–Crippen LogP) is 1.65. The Kier molecular flexibility index (Phi) is 6.27. The minimum atomic E-state index is -0.450. The molecule has 2 aromatic rings. The summed E-state index contributed by atoms with van der Waals surface area (Å²) in [6.07, 6.45) is 0.855. The largest absolute Gasteiger partial charge is 0.493 e. The van der Waals surface area contributed by atoms with Gasteiger partial charge in [0.1, 0.15) is 13.1 Å². The van der Waals surface area contributed by atoms with Crippen LogP contribution in [-0.4, -0.2) is 50.7 Å². The smallest absolute Gasteiger partial charge is 0.340 e. The van der Waals surface area contributed by atoms with E-state index in [-0.39, 0.29) is 12.4 Å². The summed E-state index contributed by atoms with van der Waals surface area (Å²) >= 11 is 0. The molecule has 1 atom stereocenters. The standard InChI is InChI=1S/C22H28N2O5/c1-6-29-22(26)21-14(3)23-13(2)20(21)17(25)12-24-8-7-15-9-18(27-4)19(28-5)10-16(15)11-24/h9-10,23H,6-8,11-12H2,1-5H3/p+1. The molecule has 0 radical (unpaired) electrons. The van der Waals surface area contributed by atoms with E-state index in [1.165, 1.54) is 5.56 Å². The number of aromatic amines is 1. The molecule has 0 saturated carbocycles. The van der Waals surface area contributed by atoms with Crippen LogP contribution >= 0.6 is 0 Å². The van der Waals surface area contributed by atoms with Crippen LogP contribution in [0.5, 0.6) is 11.5 Å². The molecule has 0 aliphatic carbocycles. The molecule has 156 valence electrons. The fourth-order valence-electron chi connectivity index (χ4n) is 4.08. The van der Waals surface area contributed by atoms with E-state index in [1.54, 1.807) is 28.1 Å². The van der Waals surface area contributed by atoms with Crippen molar-refractivity contribution >= 4 is 11.8 Å². The average Bonchev–Trinajstić information content (AvgIpc) is 3.00. The first-order valence-electron chi connectivity index (χ1n) is 9.86. The fourth-order valence-corrected chi connectivity index (χ4v) is 4.08. The quantitative estimate of drug-likeness (QED) is 0.545. The van der Waals surface area contributed by atoms with Gasteiger partial charge in [0.25, 0.3) is 0 Å². The molecule has 0 fully saturated rings. The summed E-state index contributed by atoms with van der Waals surface area (Å²) < 4.78 is 16.0. The number of Topliss-reactive ketones (excluding diaryl/α,β-unsaturated/α-hetero) is 1. The molecular weight excluding hydrogens is 372 g/mol. The maximum Gasteiger partial charge on any atom is 0.340 e. The van der Waals surface area contributed by atoms with E-state index in [1.807, 2.05) is 19.1 Å². The molecule has 0 amide bonds. The van der Waals surface area contributed by atoms with Gasteiger partial charge in [-0.3, -0.25) is 4.79 Å². The Morgan fingerprint density at radius 3 is 2.28 bits per heavy atom. The van der Waals surface area contributed by atoms with Gasteiger partial charge in [0, 0.05) is 23.4 Å². The van der Waals surface area contributed by atoms with Gasteiger partial charge >= 0.3 is 5.97 Å². The number of hydrogen-bond acceptors (Lipinski definition) is 5. The van der Waals surface area contributed by atoms with E-state index in [9.17, 15) is 9.59 Å². The van der Waals surface area contributed by atoms with Crippen LogP contribution in [-0.2, 0) is 17.7 Å². The number of aryl methyl sites for hydroxylation is 2. The Labute approximate surface area is 170 Å². The van der Waals surface area contributed by atoms with Crippen LogP contribution in [0.1, 0.15) is 50.2 Å². The lowest BCUT2D eigenvalue weighted by atomic mass is 9.97. The predicted molar refractivity (Wildman–Crippen MR) is 108 cm³/mol. The zero-order chi connectivity index (χ0) is 21.1. The number of rotatable bonds is 7. The van der Waals surface area contributed by atoms with Crippen LogP contribution < -0.4 is 14.4 Å². The highest BCUT2D eigenvalue weighted by Crippen LogP contribution is 2.31. The minimum absolute atomic E-state index is 0.0474. The van der Waals surface area contributed by atoms with Gasteiger partial charge in [-0.05, 0) is 38.5 Å². The number of benzene rings is 1. The Balaban J connectivity index is 1.80. The summed E-state index contributed by atoms with van der Waals surface area (Å²) in [5.74, 6) is 0.922. The number of methoxy groups -OCH3 is 2. The lowest BCUT2D eigenvalue weighted by Gasteiger charge is -2.26. The van der Waals surface area contributed by atoms with Gasteiger partial charge in [-0.2, -0.15) is 0 Å². The Morgan fingerprint density at radius 2 is 1.66 bits per heavy atom. The normalized spacial score (nSPS) is 15.6. The molecule has 2 N–H and O–H groups in total.